The van der Waals surface area contributed by atoms with E-state index in [0.29, 0.717) is 38.4 Å². The number of hydrogen-bond acceptors (Lipinski definition) is 9. The van der Waals surface area contributed by atoms with Gasteiger partial charge in [0.15, 0.2) is 0 Å². The molecule has 0 radical (unpaired) electrons. The Morgan fingerprint density at radius 2 is 1.94 bits per heavy atom. The van der Waals surface area contributed by atoms with Crippen molar-refractivity contribution in [3.63, 3.8) is 0 Å². The average Bonchev–Trinajstić information content (AvgIpc) is 3.26. The predicted octanol–water partition coefficient (Wildman–Crippen LogP) is 3.21. The molecule has 1 aromatic carbocycles. The number of nitrogens with one attached hydrogen (secondary N) is 2. The van der Waals surface area contributed by atoms with Crippen molar-refractivity contribution >= 4 is 51.6 Å². The number of hydrogen-bond donors (Lipinski definition) is 4. The highest BCUT2D eigenvalue weighted by atomic mass is 127. The molecule has 0 bridgehead atoms. The van der Waals surface area contributed by atoms with E-state index in [0.717, 1.165) is 29.9 Å². The zero-order chi connectivity index (χ0) is 23.6. The van der Waals surface area contributed by atoms with Gasteiger partial charge in [-0.1, -0.05) is 0 Å². The molecule has 1 amide bonds. The molecule has 0 saturated carbocycles. The Balaban J connectivity index is 1.75. The summed E-state index contributed by atoms with van der Waals surface area (Å²) < 4.78 is 14.3. The van der Waals surface area contributed by atoms with Crippen LogP contribution in [0.2, 0.25) is 0 Å². The quantitative estimate of drug-likeness (QED) is 0.0745. The Kier molecular flexibility index (Phi) is 10.7. The molecule has 0 aliphatic rings. The molecule has 6 N–H and O–H groups in total. The Bertz CT molecular complexity index is 848. The Hall–Kier alpha value is -1.89. The molecule has 2 aromatic rings. The van der Waals surface area contributed by atoms with Gasteiger partial charge >= 0.3 is 6.09 Å². The van der Waals surface area contributed by atoms with Crippen LogP contribution in [-0.2, 0) is 9.47 Å². The predicted molar refractivity (Wildman–Crippen MR) is 138 cm³/mol. The minimum atomic E-state index is -0.488. The number of alkyl carbamates (subject to hydrolysis) is 1. The summed E-state index contributed by atoms with van der Waals surface area (Å²) in [6, 6.07) is 3.83. The zero-order valence-electron chi connectivity index (χ0n) is 18.6. The van der Waals surface area contributed by atoms with Crippen molar-refractivity contribution in [1.82, 2.24) is 20.1 Å². The fourth-order valence-corrected chi connectivity index (χ4v) is 3.75. The molecule has 0 fully saturated rings. The van der Waals surface area contributed by atoms with E-state index in [-0.39, 0.29) is 0 Å². The van der Waals surface area contributed by atoms with Crippen LogP contribution < -0.4 is 27.0 Å². The number of unbranched alkanes of at least 4 members (excludes halogenated alkanes) is 1. The lowest BCUT2D eigenvalue weighted by Gasteiger charge is -2.21. The van der Waals surface area contributed by atoms with Gasteiger partial charge in [0.1, 0.15) is 18.3 Å². The van der Waals surface area contributed by atoms with E-state index in [1.54, 1.807) is 22.0 Å². The lowest BCUT2D eigenvalue weighted by molar-refractivity contribution is 0.0524. The first kappa shape index (κ1) is 26.4. The fraction of sp³-hybridized carbons (Fsp3) is 0.526. The minimum Gasteiger partial charge on any atom is -0.444 e. The van der Waals surface area contributed by atoms with Gasteiger partial charge in [-0.25, -0.2) is 10.6 Å². The lowest BCUT2D eigenvalue weighted by Crippen LogP contribution is -2.33. The molecule has 0 aliphatic heterocycles. The smallest absolute Gasteiger partial charge is 0.407 e. The zero-order valence-corrected chi connectivity index (χ0v) is 21.8. The summed E-state index contributed by atoms with van der Waals surface area (Å²) in [5.74, 6) is 6.10. The molecule has 1 heterocycles. The minimum absolute atomic E-state index is 0.334. The van der Waals surface area contributed by atoms with Crippen LogP contribution >= 0.6 is 28.4 Å². The van der Waals surface area contributed by atoms with Crippen molar-refractivity contribution in [1.29, 1.82) is 0 Å². The van der Waals surface area contributed by atoms with Crippen molar-refractivity contribution < 1.29 is 14.3 Å². The van der Waals surface area contributed by atoms with Crippen LogP contribution in [-0.4, -0.2) is 52.8 Å². The first-order valence-corrected chi connectivity index (χ1v) is 14.3. The molecule has 1 aromatic heterocycles. The molecule has 2 rings (SSSR count). The molecule has 0 spiro atoms. The van der Waals surface area contributed by atoms with Gasteiger partial charge in [0.05, 0.1) is 35.7 Å². The molecular formula is C19H32IN8O3P. The van der Waals surface area contributed by atoms with E-state index in [4.69, 9.17) is 21.1 Å². The topological polar surface area (TPSA) is 146 Å². The van der Waals surface area contributed by atoms with Crippen molar-refractivity contribution in [2.45, 2.75) is 39.2 Å². The van der Waals surface area contributed by atoms with Crippen molar-refractivity contribution in [2.24, 2.45) is 5.84 Å². The number of nitrogens with two attached hydrogens (primary N) is 2. The van der Waals surface area contributed by atoms with E-state index in [2.05, 4.69) is 42.9 Å². The molecule has 1 unspecified atom stereocenters. The fourth-order valence-electron chi connectivity index (χ4n) is 2.69. The van der Waals surface area contributed by atoms with Gasteiger partial charge in [0, 0.05) is 19.7 Å². The second-order valence-corrected chi connectivity index (χ2v) is 10.0. The number of ether oxygens (including phenoxy) is 2. The molecule has 32 heavy (non-hydrogen) atoms. The van der Waals surface area contributed by atoms with E-state index >= 15 is 0 Å². The first-order chi connectivity index (χ1) is 15.2. The third kappa shape index (κ3) is 8.93. The highest BCUT2D eigenvalue weighted by Crippen LogP contribution is 2.38. The number of amides is 1. The maximum atomic E-state index is 11.6. The largest absolute Gasteiger partial charge is 0.444 e. The monoisotopic (exact) mass is 578 g/mol. The average molecular weight is 578 g/mol. The van der Waals surface area contributed by atoms with Crippen LogP contribution in [0.3, 0.4) is 0 Å². The summed E-state index contributed by atoms with van der Waals surface area (Å²) in [5, 5.41) is 13.8. The Morgan fingerprint density at radius 3 is 2.59 bits per heavy atom. The third-order valence-corrected chi connectivity index (χ3v) is 6.14. The molecule has 0 aliphatic carbocycles. The van der Waals surface area contributed by atoms with Crippen LogP contribution in [0.15, 0.2) is 24.8 Å². The lowest BCUT2D eigenvalue weighted by atomic mass is 10.2. The van der Waals surface area contributed by atoms with Crippen LogP contribution in [0.4, 0.5) is 21.9 Å². The molecule has 0 saturated heterocycles. The summed E-state index contributed by atoms with van der Waals surface area (Å²) in [7, 11) is 0. The number of halogens is 1. The maximum Gasteiger partial charge on any atom is 0.407 e. The number of rotatable bonds is 12. The number of benzene rings is 1. The van der Waals surface area contributed by atoms with Gasteiger partial charge in [-0.05, 0) is 67.8 Å². The number of aromatic nitrogens is 3. The van der Waals surface area contributed by atoms with Crippen LogP contribution in [0.5, 0.6) is 0 Å². The van der Waals surface area contributed by atoms with Crippen molar-refractivity contribution in [3.8, 4) is 5.69 Å². The van der Waals surface area contributed by atoms with E-state index < -0.39 is 11.7 Å². The number of carbonyl (C=O) groups excluding carboxylic acids is 1. The van der Waals surface area contributed by atoms with Gasteiger partial charge < -0.3 is 25.8 Å². The number of nitrogen functional groups attached to an aromatic ring is 1. The molecule has 13 heteroatoms. The number of nitrogens with zero attached hydrogens (tertiary/aromatic N) is 4. The van der Waals surface area contributed by atoms with Gasteiger partial charge in [0.2, 0.25) is 0 Å². The third-order valence-electron chi connectivity index (χ3n) is 4.16. The SMILES string of the molecule is CC(C)(C)OC(=O)NCCCCOCCNc1cc(-n2cnnc2)cc(N(N)PI)c1N. The normalized spacial score (nSPS) is 11.7. The van der Waals surface area contributed by atoms with Crippen LogP contribution in [0.1, 0.15) is 33.6 Å². The Morgan fingerprint density at radius 1 is 1.22 bits per heavy atom. The van der Waals surface area contributed by atoms with Gasteiger partial charge in [-0.2, -0.15) is 0 Å². The standard InChI is InChI=1S/C19H32IN8O3P/c1-19(2,3)31-18(29)24-6-4-5-8-30-9-7-23-15-10-14(27-12-25-26-13-27)11-16(17(15)21)28(22)32-20/h10-13,23,32H,4-9,21-22H2,1-3H3,(H,24,29). The molecular weight excluding hydrogens is 546 g/mol. The number of hydrazine groups is 1. The van der Waals surface area contributed by atoms with E-state index in [9.17, 15) is 4.79 Å². The molecule has 178 valence electrons. The summed E-state index contributed by atoms with van der Waals surface area (Å²) in [5.41, 5.74) is 8.76. The summed E-state index contributed by atoms with van der Waals surface area (Å²) in [6.07, 6.45) is 4.82. The second-order valence-electron chi connectivity index (χ2n) is 7.92. The maximum absolute atomic E-state index is 11.6. The van der Waals surface area contributed by atoms with E-state index in [1.165, 1.54) is 0 Å². The number of anilines is 3. The Labute approximate surface area is 203 Å². The van der Waals surface area contributed by atoms with Crippen molar-refractivity contribution in [3.05, 3.63) is 24.8 Å². The summed E-state index contributed by atoms with van der Waals surface area (Å²) in [4.78, 5) is 11.6. The van der Waals surface area contributed by atoms with Crippen molar-refractivity contribution in [2.75, 3.05) is 42.1 Å². The second kappa shape index (κ2) is 13.0. The van der Waals surface area contributed by atoms with Crippen LogP contribution in [0.25, 0.3) is 5.69 Å². The summed E-state index contributed by atoms with van der Waals surface area (Å²) >= 11 is 2.20. The van der Waals surface area contributed by atoms with E-state index in [1.807, 2.05) is 32.9 Å². The van der Waals surface area contributed by atoms with Crippen LogP contribution in [0, 0.1) is 0 Å². The van der Waals surface area contributed by atoms with Gasteiger partial charge in [-0.15, -0.1) is 10.2 Å². The van der Waals surface area contributed by atoms with Gasteiger partial charge in [-0.3, -0.25) is 9.35 Å². The molecule has 1 atom stereocenters. The molecule has 11 nitrogen and oxygen atoms in total. The highest BCUT2D eigenvalue weighted by Gasteiger charge is 2.15. The van der Waals surface area contributed by atoms with Gasteiger partial charge in [0.25, 0.3) is 0 Å². The highest BCUT2D eigenvalue weighted by molar-refractivity contribution is 14.2. The first-order valence-electron chi connectivity index (χ1n) is 10.2. The number of carbonyl (C=O) groups is 1. The summed E-state index contributed by atoms with van der Waals surface area (Å²) in [6.45, 7) is 7.77.